The third-order valence-corrected chi connectivity index (χ3v) is 2.34. The highest BCUT2D eigenvalue weighted by Crippen LogP contribution is 2.19. The molecule has 0 bridgehead atoms. The SMILES string of the molecule is CC(C)(O)c1ccc(CC(O)CO)cc1. The Morgan fingerprint density at radius 1 is 1.20 bits per heavy atom. The van der Waals surface area contributed by atoms with E-state index < -0.39 is 11.7 Å². The Hall–Kier alpha value is -0.900. The van der Waals surface area contributed by atoms with Gasteiger partial charge in [-0.2, -0.15) is 0 Å². The lowest BCUT2D eigenvalue weighted by atomic mass is 9.96. The predicted octanol–water partition coefficient (Wildman–Crippen LogP) is 0.810. The van der Waals surface area contributed by atoms with Crippen LogP contribution in [0.5, 0.6) is 0 Å². The molecule has 15 heavy (non-hydrogen) atoms. The molecule has 1 aromatic rings. The van der Waals surface area contributed by atoms with Crippen molar-refractivity contribution in [3.05, 3.63) is 35.4 Å². The van der Waals surface area contributed by atoms with E-state index in [9.17, 15) is 10.2 Å². The van der Waals surface area contributed by atoms with Gasteiger partial charge in [-0.15, -0.1) is 0 Å². The van der Waals surface area contributed by atoms with E-state index in [1.165, 1.54) is 0 Å². The maximum Gasteiger partial charge on any atom is 0.0840 e. The molecule has 0 aliphatic carbocycles. The number of hydrogen-bond acceptors (Lipinski definition) is 3. The molecule has 0 spiro atoms. The maximum atomic E-state index is 9.72. The fourth-order valence-electron chi connectivity index (χ4n) is 1.39. The van der Waals surface area contributed by atoms with Crippen molar-refractivity contribution in [2.75, 3.05) is 6.61 Å². The van der Waals surface area contributed by atoms with E-state index >= 15 is 0 Å². The van der Waals surface area contributed by atoms with Crippen molar-refractivity contribution in [3.63, 3.8) is 0 Å². The minimum absolute atomic E-state index is 0.229. The standard InChI is InChI=1S/C12H18O3/c1-12(2,15)10-5-3-9(4-6-10)7-11(14)8-13/h3-6,11,13-15H,7-8H2,1-2H3. The van der Waals surface area contributed by atoms with Crippen molar-refractivity contribution < 1.29 is 15.3 Å². The first-order valence-corrected chi connectivity index (χ1v) is 5.04. The van der Waals surface area contributed by atoms with Gasteiger partial charge in [0.2, 0.25) is 0 Å². The third kappa shape index (κ3) is 3.63. The summed E-state index contributed by atoms with van der Waals surface area (Å²) in [7, 11) is 0. The molecule has 0 heterocycles. The zero-order valence-electron chi connectivity index (χ0n) is 9.14. The molecule has 84 valence electrons. The van der Waals surface area contributed by atoms with Crippen LogP contribution in [0, 0.1) is 0 Å². The van der Waals surface area contributed by atoms with Crippen molar-refractivity contribution in [1.29, 1.82) is 0 Å². The van der Waals surface area contributed by atoms with Crippen LogP contribution in [-0.2, 0) is 12.0 Å². The van der Waals surface area contributed by atoms with Crippen LogP contribution in [0.4, 0.5) is 0 Å². The Balaban J connectivity index is 2.73. The van der Waals surface area contributed by atoms with Crippen molar-refractivity contribution in [3.8, 4) is 0 Å². The van der Waals surface area contributed by atoms with Gasteiger partial charge in [0.15, 0.2) is 0 Å². The Labute approximate surface area is 90.0 Å². The van der Waals surface area contributed by atoms with Gasteiger partial charge in [-0.05, 0) is 25.0 Å². The van der Waals surface area contributed by atoms with Crippen LogP contribution in [0.25, 0.3) is 0 Å². The lowest BCUT2D eigenvalue weighted by Gasteiger charge is -2.18. The van der Waals surface area contributed by atoms with E-state index in [0.717, 1.165) is 11.1 Å². The van der Waals surface area contributed by atoms with Gasteiger partial charge < -0.3 is 15.3 Å². The Kier molecular flexibility index (Phi) is 3.85. The number of hydrogen-bond donors (Lipinski definition) is 3. The van der Waals surface area contributed by atoms with Crippen LogP contribution in [0.3, 0.4) is 0 Å². The summed E-state index contributed by atoms with van der Waals surface area (Å²) in [5, 5.41) is 27.6. The minimum atomic E-state index is -0.839. The van der Waals surface area contributed by atoms with Crippen LogP contribution in [0.1, 0.15) is 25.0 Å². The topological polar surface area (TPSA) is 60.7 Å². The smallest absolute Gasteiger partial charge is 0.0840 e. The average Bonchev–Trinajstić information content (AvgIpc) is 2.17. The van der Waals surface area contributed by atoms with Gasteiger partial charge in [-0.1, -0.05) is 24.3 Å². The lowest BCUT2D eigenvalue weighted by molar-refractivity contribution is 0.0785. The monoisotopic (exact) mass is 210 g/mol. The fourth-order valence-corrected chi connectivity index (χ4v) is 1.39. The third-order valence-electron chi connectivity index (χ3n) is 2.34. The van der Waals surface area contributed by atoms with E-state index in [0.29, 0.717) is 6.42 Å². The molecule has 0 amide bonds. The average molecular weight is 210 g/mol. The zero-order valence-corrected chi connectivity index (χ0v) is 9.14. The van der Waals surface area contributed by atoms with E-state index in [2.05, 4.69) is 0 Å². The first kappa shape index (κ1) is 12.2. The molecule has 3 heteroatoms. The Morgan fingerprint density at radius 3 is 2.13 bits per heavy atom. The summed E-state index contributed by atoms with van der Waals surface area (Å²) in [4.78, 5) is 0. The van der Waals surface area contributed by atoms with Gasteiger partial charge in [0.05, 0.1) is 18.3 Å². The predicted molar refractivity (Wildman–Crippen MR) is 58.5 cm³/mol. The van der Waals surface area contributed by atoms with Crippen LogP contribution < -0.4 is 0 Å². The Bertz CT molecular complexity index is 298. The molecule has 0 aliphatic heterocycles. The van der Waals surface area contributed by atoms with Gasteiger partial charge in [-0.25, -0.2) is 0 Å². The summed E-state index contributed by atoms with van der Waals surface area (Å²) < 4.78 is 0. The molecule has 0 fully saturated rings. The first-order valence-electron chi connectivity index (χ1n) is 5.04. The van der Waals surface area contributed by atoms with Gasteiger partial charge in [0.25, 0.3) is 0 Å². The maximum absolute atomic E-state index is 9.72. The largest absolute Gasteiger partial charge is 0.394 e. The molecular weight excluding hydrogens is 192 g/mol. The second kappa shape index (κ2) is 4.75. The summed E-state index contributed by atoms with van der Waals surface area (Å²) >= 11 is 0. The molecule has 1 atom stereocenters. The molecule has 0 aliphatic rings. The van der Waals surface area contributed by atoms with Gasteiger partial charge in [-0.3, -0.25) is 0 Å². The second-order valence-electron chi connectivity index (χ2n) is 4.30. The highest BCUT2D eigenvalue weighted by Gasteiger charge is 2.15. The molecule has 0 saturated carbocycles. The summed E-state index contributed by atoms with van der Waals surface area (Å²) in [5.74, 6) is 0. The minimum Gasteiger partial charge on any atom is -0.394 e. The highest BCUT2D eigenvalue weighted by atomic mass is 16.3. The van der Waals surface area contributed by atoms with Gasteiger partial charge in [0, 0.05) is 6.42 Å². The fraction of sp³-hybridized carbons (Fsp3) is 0.500. The lowest BCUT2D eigenvalue weighted by Crippen LogP contribution is -2.17. The van der Waals surface area contributed by atoms with E-state index in [-0.39, 0.29) is 6.61 Å². The molecule has 0 aromatic heterocycles. The number of rotatable bonds is 4. The summed E-state index contributed by atoms with van der Waals surface area (Å²) in [6.07, 6.45) is -0.277. The normalized spacial score (nSPS) is 13.9. The quantitative estimate of drug-likeness (QED) is 0.689. The molecule has 3 nitrogen and oxygen atoms in total. The molecule has 1 aromatic carbocycles. The highest BCUT2D eigenvalue weighted by molar-refractivity contribution is 5.26. The molecule has 0 saturated heterocycles. The summed E-state index contributed by atoms with van der Waals surface area (Å²) in [6.45, 7) is 3.22. The summed E-state index contributed by atoms with van der Waals surface area (Å²) in [5.41, 5.74) is 0.947. The molecule has 0 radical (unpaired) electrons. The van der Waals surface area contributed by atoms with Crippen LogP contribution in [-0.4, -0.2) is 28.0 Å². The van der Waals surface area contributed by atoms with Crippen molar-refractivity contribution in [1.82, 2.24) is 0 Å². The number of aliphatic hydroxyl groups excluding tert-OH is 2. The van der Waals surface area contributed by atoms with E-state index in [1.54, 1.807) is 13.8 Å². The summed E-state index contributed by atoms with van der Waals surface area (Å²) in [6, 6.07) is 7.37. The van der Waals surface area contributed by atoms with Gasteiger partial charge in [0.1, 0.15) is 0 Å². The van der Waals surface area contributed by atoms with E-state index in [1.807, 2.05) is 24.3 Å². The van der Waals surface area contributed by atoms with Crippen molar-refractivity contribution in [2.45, 2.75) is 32.0 Å². The van der Waals surface area contributed by atoms with E-state index in [4.69, 9.17) is 5.11 Å². The number of benzene rings is 1. The molecule has 3 N–H and O–H groups in total. The van der Waals surface area contributed by atoms with Gasteiger partial charge >= 0.3 is 0 Å². The van der Waals surface area contributed by atoms with Crippen molar-refractivity contribution in [2.24, 2.45) is 0 Å². The molecular formula is C12H18O3. The zero-order chi connectivity index (χ0) is 11.5. The number of aliphatic hydroxyl groups is 3. The van der Waals surface area contributed by atoms with Crippen molar-refractivity contribution >= 4 is 0 Å². The molecule has 1 rings (SSSR count). The van der Waals surface area contributed by atoms with Crippen LogP contribution in [0.15, 0.2) is 24.3 Å². The Morgan fingerprint density at radius 2 is 1.73 bits per heavy atom. The second-order valence-corrected chi connectivity index (χ2v) is 4.30. The van der Waals surface area contributed by atoms with Crippen LogP contribution >= 0.6 is 0 Å². The molecule has 1 unspecified atom stereocenters. The van der Waals surface area contributed by atoms with Crippen LogP contribution in [0.2, 0.25) is 0 Å². The first-order chi connectivity index (χ1) is 6.93.